The number of nitrogens with one attached hydrogen (secondary N) is 1. The molecule has 20 heavy (non-hydrogen) atoms. The van der Waals surface area contributed by atoms with E-state index in [0.717, 1.165) is 11.3 Å². The Bertz CT molecular complexity index is 500. The maximum atomic E-state index is 11.8. The van der Waals surface area contributed by atoms with Crippen molar-refractivity contribution >= 4 is 17.5 Å². The Balaban J connectivity index is 2.73. The van der Waals surface area contributed by atoms with Gasteiger partial charge in [0.25, 0.3) is 0 Å². The van der Waals surface area contributed by atoms with Crippen LogP contribution in [0.25, 0.3) is 0 Å². The van der Waals surface area contributed by atoms with E-state index in [1.54, 1.807) is 12.1 Å². The van der Waals surface area contributed by atoms with E-state index in [2.05, 4.69) is 5.32 Å². The molecule has 5 N–H and O–H groups in total. The van der Waals surface area contributed by atoms with Gasteiger partial charge < -0.3 is 21.5 Å². The Morgan fingerprint density at radius 1 is 1.35 bits per heavy atom. The first kappa shape index (κ1) is 16.0. The Labute approximate surface area is 118 Å². The lowest BCUT2D eigenvalue weighted by atomic mass is 10.1. The average molecular weight is 279 g/mol. The van der Waals surface area contributed by atoms with Crippen molar-refractivity contribution in [3.05, 3.63) is 23.8 Å². The molecule has 0 aliphatic rings. The van der Waals surface area contributed by atoms with Crippen molar-refractivity contribution in [3.63, 3.8) is 0 Å². The fraction of sp³-hybridized carbons (Fsp3) is 0.429. The first-order valence-corrected chi connectivity index (χ1v) is 6.41. The largest absolute Gasteiger partial charge is 0.491 e. The van der Waals surface area contributed by atoms with Crippen LogP contribution >= 0.6 is 0 Å². The molecule has 1 aromatic carbocycles. The Hall–Kier alpha value is -2.08. The molecule has 0 aromatic heterocycles. The number of benzene rings is 1. The monoisotopic (exact) mass is 279 g/mol. The molecule has 6 heteroatoms. The molecular formula is C14H21N3O3. The minimum atomic E-state index is -0.946. The van der Waals surface area contributed by atoms with Gasteiger partial charge in [-0.25, -0.2) is 0 Å². The van der Waals surface area contributed by atoms with Crippen LogP contribution in [0.5, 0.6) is 5.75 Å². The summed E-state index contributed by atoms with van der Waals surface area (Å²) in [5.41, 5.74) is 12.1. The summed E-state index contributed by atoms with van der Waals surface area (Å²) < 4.78 is 5.56. The predicted molar refractivity (Wildman–Crippen MR) is 77.4 cm³/mol. The molecule has 0 spiro atoms. The summed E-state index contributed by atoms with van der Waals surface area (Å²) in [6, 6.07) is 4.39. The lowest BCUT2D eigenvalue weighted by molar-refractivity contribution is -0.123. The first-order chi connectivity index (χ1) is 9.29. The Morgan fingerprint density at radius 2 is 2.00 bits per heavy atom. The Morgan fingerprint density at radius 3 is 2.50 bits per heavy atom. The van der Waals surface area contributed by atoms with E-state index in [-0.39, 0.29) is 12.5 Å². The smallest absolute Gasteiger partial charge is 0.241 e. The van der Waals surface area contributed by atoms with Gasteiger partial charge in [-0.3, -0.25) is 9.59 Å². The highest BCUT2D eigenvalue weighted by Gasteiger charge is 2.16. The van der Waals surface area contributed by atoms with E-state index in [0.29, 0.717) is 5.69 Å². The van der Waals surface area contributed by atoms with Crippen LogP contribution in [0.1, 0.15) is 25.8 Å². The van der Waals surface area contributed by atoms with Gasteiger partial charge in [-0.15, -0.1) is 0 Å². The van der Waals surface area contributed by atoms with Gasteiger partial charge in [0.05, 0.1) is 18.6 Å². The number of ether oxygens (including phenoxy) is 1. The van der Waals surface area contributed by atoms with Crippen LogP contribution in [0.2, 0.25) is 0 Å². The Kier molecular flexibility index (Phi) is 5.52. The second-order valence-electron chi connectivity index (χ2n) is 4.91. The van der Waals surface area contributed by atoms with Crippen molar-refractivity contribution in [2.45, 2.75) is 39.3 Å². The van der Waals surface area contributed by atoms with Crippen molar-refractivity contribution in [1.82, 2.24) is 0 Å². The van der Waals surface area contributed by atoms with Gasteiger partial charge in [0.15, 0.2) is 0 Å². The number of carbonyl (C=O) groups is 2. The quantitative estimate of drug-likeness (QED) is 0.719. The maximum absolute atomic E-state index is 11.8. The molecule has 6 nitrogen and oxygen atoms in total. The molecule has 0 saturated heterocycles. The zero-order valence-electron chi connectivity index (χ0n) is 12.0. The third-order valence-electron chi connectivity index (χ3n) is 2.59. The van der Waals surface area contributed by atoms with Gasteiger partial charge in [0.2, 0.25) is 11.8 Å². The van der Waals surface area contributed by atoms with Crippen LogP contribution in [0.3, 0.4) is 0 Å². The van der Waals surface area contributed by atoms with Crippen molar-refractivity contribution < 1.29 is 14.3 Å². The second kappa shape index (κ2) is 6.91. The maximum Gasteiger partial charge on any atom is 0.241 e. The molecule has 0 bridgehead atoms. The molecule has 0 fully saturated rings. The summed E-state index contributed by atoms with van der Waals surface area (Å²) in [6.45, 7) is 5.73. The highest BCUT2D eigenvalue weighted by Crippen LogP contribution is 2.22. The summed E-state index contributed by atoms with van der Waals surface area (Å²) in [7, 11) is 0. The van der Waals surface area contributed by atoms with E-state index in [1.807, 2.05) is 26.8 Å². The zero-order valence-corrected chi connectivity index (χ0v) is 12.0. The van der Waals surface area contributed by atoms with Crippen molar-refractivity contribution in [2.24, 2.45) is 11.5 Å². The minimum absolute atomic E-state index is 0.0822. The molecule has 1 unspecified atom stereocenters. The number of nitrogens with two attached hydrogens (primary N) is 2. The van der Waals surface area contributed by atoms with Gasteiger partial charge in [-0.2, -0.15) is 0 Å². The van der Waals surface area contributed by atoms with Crippen LogP contribution in [0.4, 0.5) is 5.69 Å². The van der Waals surface area contributed by atoms with Gasteiger partial charge in [-0.05, 0) is 44.5 Å². The summed E-state index contributed by atoms with van der Waals surface area (Å²) in [5.74, 6) is -0.314. The van der Waals surface area contributed by atoms with Gasteiger partial charge in [0.1, 0.15) is 5.75 Å². The highest BCUT2D eigenvalue weighted by atomic mass is 16.5. The number of anilines is 1. The third kappa shape index (κ3) is 4.89. The fourth-order valence-electron chi connectivity index (χ4n) is 1.66. The summed E-state index contributed by atoms with van der Waals surface area (Å²) in [5, 5.41) is 2.67. The van der Waals surface area contributed by atoms with E-state index in [9.17, 15) is 9.59 Å². The summed E-state index contributed by atoms with van der Waals surface area (Å²) in [6.07, 6.45) is -0.0989. The van der Waals surface area contributed by atoms with E-state index in [4.69, 9.17) is 16.2 Å². The van der Waals surface area contributed by atoms with E-state index >= 15 is 0 Å². The molecule has 0 aliphatic carbocycles. The van der Waals surface area contributed by atoms with Crippen molar-refractivity contribution in [3.8, 4) is 5.75 Å². The second-order valence-corrected chi connectivity index (χ2v) is 4.91. The normalized spacial score (nSPS) is 12.1. The SMILES string of the molecule is Cc1cc(OC(C)C)ccc1NC(=O)C(N)CC(N)=O. The van der Waals surface area contributed by atoms with Crippen LogP contribution in [-0.4, -0.2) is 24.0 Å². The molecule has 2 amide bonds. The van der Waals surface area contributed by atoms with Crippen LogP contribution in [0.15, 0.2) is 18.2 Å². The topological polar surface area (TPSA) is 107 Å². The number of hydrogen-bond donors (Lipinski definition) is 3. The summed E-state index contributed by atoms with van der Waals surface area (Å²) >= 11 is 0. The molecule has 110 valence electrons. The van der Waals surface area contributed by atoms with Crippen LogP contribution in [-0.2, 0) is 9.59 Å². The lowest BCUT2D eigenvalue weighted by Crippen LogP contribution is -2.39. The fourth-order valence-corrected chi connectivity index (χ4v) is 1.66. The van der Waals surface area contributed by atoms with Crippen LogP contribution < -0.4 is 21.5 Å². The van der Waals surface area contributed by atoms with Crippen molar-refractivity contribution in [2.75, 3.05) is 5.32 Å². The van der Waals surface area contributed by atoms with Crippen molar-refractivity contribution in [1.29, 1.82) is 0 Å². The molecule has 0 aliphatic heterocycles. The molecule has 0 heterocycles. The number of amides is 2. The number of aryl methyl sites for hydroxylation is 1. The van der Waals surface area contributed by atoms with E-state index < -0.39 is 17.9 Å². The molecule has 1 aromatic rings. The molecule has 0 radical (unpaired) electrons. The lowest BCUT2D eigenvalue weighted by Gasteiger charge is -2.15. The van der Waals surface area contributed by atoms with E-state index in [1.165, 1.54) is 0 Å². The number of carbonyl (C=O) groups excluding carboxylic acids is 2. The molecule has 1 rings (SSSR count). The molecular weight excluding hydrogens is 258 g/mol. The first-order valence-electron chi connectivity index (χ1n) is 6.41. The highest BCUT2D eigenvalue weighted by molar-refractivity contribution is 5.97. The minimum Gasteiger partial charge on any atom is -0.491 e. The number of rotatable bonds is 6. The van der Waals surface area contributed by atoms with Gasteiger partial charge in [-0.1, -0.05) is 0 Å². The zero-order chi connectivity index (χ0) is 15.3. The van der Waals surface area contributed by atoms with Gasteiger partial charge >= 0.3 is 0 Å². The number of hydrogen-bond acceptors (Lipinski definition) is 4. The van der Waals surface area contributed by atoms with Crippen LogP contribution in [0, 0.1) is 6.92 Å². The number of primary amides is 1. The summed E-state index contributed by atoms with van der Waals surface area (Å²) in [4.78, 5) is 22.5. The average Bonchev–Trinajstić information content (AvgIpc) is 2.30. The predicted octanol–water partition coefficient (Wildman–Crippen LogP) is 0.923. The third-order valence-corrected chi connectivity index (χ3v) is 2.59. The van der Waals surface area contributed by atoms with Gasteiger partial charge in [0, 0.05) is 5.69 Å². The molecule has 1 atom stereocenters. The molecule has 0 saturated carbocycles. The standard InChI is InChI=1S/C14H21N3O3/c1-8(2)20-10-4-5-12(9(3)6-10)17-14(19)11(15)7-13(16)18/h4-6,8,11H,7,15H2,1-3H3,(H2,16,18)(H,17,19).